The highest BCUT2D eigenvalue weighted by Gasteiger charge is 2.07. The molecule has 1 rings (SSSR count). The molecule has 0 aliphatic rings. The van der Waals surface area contributed by atoms with Gasteiger partial charge in [-0.3, -0.25) is 0 Å². The van der Waals surface area contributed by atoms with Gasteiger partial charge in [-0.2, -0.15) is 0 Å². The van der Waals surface area contributed by atoms with E-state index in [1.807, 2.05) is 19.1 Å². The van der Waals surface area contributed by atoms with E-state index in [0.717, 1.165) is 5.69 Å². The van der Waals surface area contributed by atoms with Gasteiger partial charge in [-0.1, -0.05) is 19.8 Å². The molecule has 90 valence electrons. The molecule has 1 heterocycles. The summed E-state index contributed by atoms with van der Waals surface area (Å²) in [5.41, 5.74) is 0.993. The van der Waals surface area contributed by atoms with Crippen molar-refractivity contribution < 1.29 is 4.74 Å². The zero-order valence-corrected chi connectivity index (χ0v) is 10.5. The lowest BCUT2D eigenvalue weighted by Gasteiger charge is -2.16. The van der Waals surface area contributed by atoms with E-state index >= 15 is 0 Å². The van der Waals surface area contributed by atoms with Gasteiger partial charge in [-0.05, 0) is 32.4 Å². The number of hydrogen-bond acceptors (Lipinski definition) is 3. The van der Waals surface area contributed by atoms with Crippen molar-refractivity contribution in [1.29, 1.82) is 0 Å². The van der Waals surface area contributed by atoms with Crippen molar-refractivity contribution in [3.05, 3.63) is 18.3 Å². The molecule has 1 aromatic heterocycles. The van der Waals surface area contributed by atoms with E-state index in [-0.39, 0.29) is 0 Å². The van der Waals surface area contributed by atoms with Gasteiger partial charge >= 0.3 is 0 Å². The summed E-state index contributed by atoms with van der Waals surface area (Å²) in [6.07, 6.45) is 5.42. The third-order valence-electron chi connectivity index (χ3n) is 2.44. The molecule has 0 aliphatic heterocycles. The Hall–Kier alpha value is -1.25. The maximum atomic E-state index is 5.47. The van der Waals surface area contributed by atoms with Crippen LogP contribution < -0.4 is 10.1 Å². The minimum atomic E-state index is 0.461. The average molecular weight is 222 g/mol. The largest absolute Gasteiger partial charge is 0.476 e. The van der Waals surface area contributed by atoms with Crippen LogP contribution >= 0.6 is 0 Å². The van der Waals surface area contributed by atoms with E-state index < -0.39 is 0 Å². The van der Waals surface area contributed by atoms with Crippen LogP contribution in [-0.2, 0) is 0 Å². The van der Waals surface area contributed by atoms with E-state index in [4.69, 9.17) is 4.74 Å². The number of hydrogen-bond donors (Lipinski definition) is 1. The minimum absolute atomic E-state index is 0.461. The number of nitrogens with zero attached hydrogens (tertiary/aromatic N) is 1. The van der Waals surface area contributed by atoms with Crippen LogP contribution in [0.2, 0.25) is 0 Å². The third kappa shape index (κ3) is 4.09. The van der Waals surface area contributed by atoms with Crippen LogP contribution in [0, 0.1) is 0 Å². The number of pyridine rings is 1. The molecular weight excluding hydrogens is 200 g/mol. The molecule has 0 bridgehead atoms. The predicted molar refractivity (Wildman–Crippen MR) is 68.0 cm³/mol. The molecule has 1 N–H and O–H groups in total. The Balaban J connectivity index is 2.57. The Morgan fingerprint density at radius 3 is 2.94 bits per heavy atom. The smallest absolute Gasteiger partial charge is 0.237 e. The van der Waals surface area contributed by atoms with Crippen molar-refractivity contribution in [1.82, 2.24) is 4.98 Å². The molecule has 3 nitrogen and oxygen atoms in total. The van der Waals surface area contributed by atoms with Gasteiger partial charge in [0.2, 0.25) is 5.88 Å². The van der Waals surface area contributed by atoms with Crippen molar-refractivity contribution >= 4 is 5.69 Å². The molecule has 0 aliphatic carbocycles. The Labute approximate surface area is 98.2 Å². The lowest BCUT2D eigenvalue weighted by Crippen LogP contribution is -2.16. The lowest BCUT2D eigenvalue weighted by molar-refractivity contribution is 0.328. The molecule has 1 unspecified atom stereocenters. The van der Waals surface area contributed by atoms with Crippen molar-refractivity contribution in [3.63, 3.8) is 0 Å². The SMILES string of the molecule is CCCCC(C)Nc1cccnc1OCC. The van der Waals surface area contributed by atoms with E-state index in [0.29, 0.717) is 18.5 Å². The van der Waals surface area contributed by atoms with Gasteiger partial charge in [0.05, 0.1) is 12.3 Å². The van der Waals surface area contributed by atoms with Gasteiger partial charge in [0, 0.05) is 12.2 Å². The summed E-state index contributed by atoms with van der Waals surface area (Å²) in [5, 5.41) is 3.44. The Morgan fingerprint density at radius 1 is 1.44 bits per heavy atom. The standard InChI is InChI=1S/C13H22N2O/c1-4-6-8-11(3)15-12-9-7-10-14-13(12)16-5-2/h7,9-11,15H,4-6,8H2,1-3H3. The van der Waals surface area contributed by atoms with Gasteiger partial charge in [0.15, 0.2) is 0 Å². The second-order valence-electron chi connectivity index (χ2n) is 3.98. The molecule has 0 radical (unpaired) electrons. The first kappa shape index (κ1) is 12.8. The Kier molecular flexibility index (Phi) is 5.68. The molecule has 1 aromatic rings. The summed E-state index contributed by atoms with van der Waals surface area (Å²) in [7, 11) is 0. The van der Waals surface area contributed by atoms with Crippen LogP contribution in [-0.4, -0.2) is 17.6 Å². The molecule has 0 amide bonds. The number of ether oxygens (including phenoxy) is 1. The fraction of sp³-hybridized carbons (Fsp3) is 0.615. The summed E-state index contributed by atoms with van der Waals surface area (Å²) in [4.78, 5) is 4.22. The maximum absolute atomic E-state index is 5.47. The highest BCUT2D eigenvalue weighted by molar-refractivity contribution is 5.52. The Bertz CT molecular complexity index is 302. The van der Waals surface area contributed by atoms with Gasteiger partial charge < -0.3 is 10.1 Å². The lowest BCUT2D eigenvalue weighted by atomic mass is 10.1. The summed E-state index contributed by atoms with van der Waals surface area (Å²) in [5.74, 6) is 0.702. The van der Waals surface area contributed by atoms with Crippen LogP contribution in [0.4, 0.5) is 5.69 Å². The molecule has 0 saturated carbocycles. The second kappa shape index (κ2) is 7.09. The van der Waals surface area contributed by atoms with E-state index in [1.165, 1.54) is 19.3 Å². The predicted octanol–water partition coefficient (Wildman–Crippen LogP) is 3.47. The number of anilines is 1. The van der Waals surface area contributed by atoms with E-state index in [1.54, 1.807) is 6.20 Å². The number of rotatable bonds is 7. The summed E-state index contributed by atoms with van der Waals surface area (Å²) in [6, 6.07) is 4.40. The van der Waals surface area contributed by atoms with Gasteiger partial charge in [0.25, 0.3) is 0 Å². The van der Waals surface area contributed by atoms with Gasteiger partial charge in [-0.25, -0.2) is 4.98 Å². The molecule has 1 atom stereocenters. The number of aromatic nitrogens is 1. The maximum Gasteiger partial charge on any atom is 0.237 e. The first-order valence-corrected chi connectivity index (χ1v) is 6.12. The fourth-order valence-electron chi connectivity index (χ4n) is 1.60. The quantitative estimate of drug-likeness (QED) is 0.767. The van der Waals surface area contributed by atoms with Crippen molar-refractivity contribution in [2.24, 2.45) is 0 Å². The molecular formula is C13H22N2O. The van der Waals surface area contributed by atoms with Gasteiger partial charge in [-0.15, -0.1) is 0 Å². The zero-order valence-electron chi connectivity index (χ0n) is 10.5. The topological polar surface area (TPSA) is 34.2 Å². The minimum Gasteiger partial charge on any atom is -0.476 e. The molecule has 0 saturated heterocycles. The van der Waals surface area contributed by atoms with Crippen LogP contribution in [0.5, 0.6) is 5.88 Å². The summed E-state index contributed by atoms with van der Waals surface area (Å²) >= 11 is 0. The highest BCUT2D eigenvalue weighted by Crippen LogP contribution is 2.22. The van der Waals surface area contributed by atoms with Crippen molar-refractivity contribution in [3.8, 4) is 5.88 Å². The van der Waals surface area contributed by atoms with Gasteiger partial charge in [0.1, 0.15) is 0 Å². The number of unbranched alkanes of at least 4 members (excludes halogenated alkanes) is 1. The van der Waals surface area contributed by atoms with Crippen LogP contribution in [0.3, 0.4) is 0 Å². The molecule has 0 spiro atoms. The van der Waals surface area contributed by atoms with Crippen LogP contribution in [0.1, 0.15) is 40.0 Å². The normalized spacial score (nSPS) is 12.2. The Morgan fingerprint density at radius 2 is 2.25 bits per heavy atom. The molecule has 16 heavy (non-hydrogen) atoms. The first-order chi connectivity index (χ1) is 7.77. The van der Waals surface area contributed by atoms with Crippen LogP contribution in [0.15, 0.2) is 18.3 Å². The second-order valence-corrected chi connectivity index (χ2v) is 3.98. The monoisotopic (exact) mass is 222 g/mol. The third-order valence-corrected chi connectivity index (χ3v) is 2.44. The fourth-order valence-corrected chi connectivity index (χ4v) is 1.60. The average Bonchev–Trinajstić information content (AvgIpc) is 2.29. The molecule has 3 heteroatoms. The first-order valence-electron chi connectivity index (χ1n) is 6.12. The molecule has 0 aromatic carbocycles. The van der Waals surface area contributed by atoms with Crippen molar-refractivity contribution in [2.75, 3.05) is 11.9 Å². The molecule has 0 fully saturated rings. The zero-order chi connectivity index (χ0) is 11.8. The van der Waals surface area contributed by atoms with Crippen LogP contribution in [0.25, 0.3) is 0 Å². The summed E-state index contributed by atoms with van der Waals surface area (Å²) < 4.78 is 5.47. The summed E-state index contributed by atoms with van der Waals surface area (Å²) in [6.45, 7) is 7.02. The van der Waals surface area contributed by atoms with Crippen molar-refractivity contribution in [2.45, 2.75) is 46.1 Å². The van der Waals surface area contributed by atoms with E-state index in [9.17, 15) is 0 Å². The van der Waals surface area contributed by atoms with E-state index in [2.05, 4.69) is 24.1 Å². The number of nitrogens with one attached hydrogen (secondary N) is 1. The highest BCUT2D eigenvalue weighted by atomic mass is 16.5.